The van der Waals surface area contributed by atoms with Gasteiger partial charge in [0.1, 0.15) is 0 Å². The largest absolute Gasteiger partial charge is 0.380 e. The predicted molar refractivity (Wildman–Crippen MR) is 104 cm³/mol. The highest BCUT2D eigenvalue weighted by molar-refractivity contribution is 6.36. The molecular weight excluding hydrogens is 405 g/mol. The minimum atomic E-state index is -0.648. The Morgan fingerprint density at radius 3 is 2.32 bits per heavy atom. The molecule has 3 rings (SSSR count). The van der Waals surface area contributed by atoms with E-state index in [1.807, 2.05) is 0 Å². The molecule has 2 N–H and O–H groups in total. The van der Waals surface area contributed by atoms with E-state index >= 15 is 0 Å². The molecule has 0 spiro atoms. The molecule has 1 aliphatic rings. The quantitative estimate of drug-likeness (QED) is 0.254. The van der Waals surface area contributed by atoms with Crippen LogP contribution in [0.1, 0.15) is 39.1 Å². The zero-order chi connectivity index (χ0) is 20.3. The molecular formula is C19H15Cl2N3O4. The maximum Gasteiger partial charge on any atom is 0.335 e. The molecule has 2 aromatic carbocycles. The number of carbonyl (C=O) groups is 3. The molecule has 144 valence electrons. The maximum absolute atomic E-state index is 12.2. The van der Waals surface area contributed by atoms with E-state index in [0.29, 0.717) is 21.7 Å². The molecule has 7 nitrogen and oxygen atoms in total. The van der Waals surface area contributed by atoms with Crippen LogP contribution in [0.25, 0.3) is 0 Å². The average Bonchev–Trinajstić information content (AvgIpc) is 2.91. The first-order valence-electron chi connectivity index (χ1n) is 8.32. The molecule has 0 saturated heterocycles. The van der Waals surface area contributed by atoms with Gasteiger partial charge < -0.3 is 10.6 Å². The van der Waals surface area contributed by atoms with Gasteiger partial charge in [-0.25, -0.2) is 4.79 Å². The number of oxime groups is 1. The first-order chi connectivity index (χ1) is 13.4. The number of nitrogens with zero attached hydrogens (tertiary/aromatic N) is 2. The summed E-state index contributed by atoms with van der Waals surface area (Å²) in [5, 5.41) is 4.28. The Balaban J connectivity index is 1.51. The van der Waals surface area contributed by atoms with Gasteiger partial charge in [0.25, 0.3) is 11.8 Å². The van der Waals surface area contributed by atoms with Crippen molar-refractivity contribution < 1.29 is 19.2 Å². The lowest BCUT2D eigenvalue weighted by Gasteiger charge is -2.12. The monoisotopic (exact) mass is 419 g/mol. The van der Waals surface area contributed by atoms with Gasteiger partial charge in [0.2, 0.25) is 0 Å². The molecule has 2 amide bonds. The second kappa shape index (κ2) is 8.41. The van der Waals surface area contributed by atoms with Gasteiger partial charge in [0.05, 0.1) is 16.1 Å². The molecule has 2 aromatic rings. The second-order valence-electron chi connectivity index (χ2n) is 5.98. The molecule has 1 aliphatic heterocycles. The van der Waals surface area contributed by atoms with Gasteiger partial charge in [-0.3, -0.25) is 14.5 Å². The fourth-order valence-electron chi connectivity index (χ4n) is 2.72. The van der Waals surface area contributed by atoms with Crippen LogP contribution in [0.15, 0.2) is 47.6 Å². The van der Waals surface area contributed by atoms with Crippen molar-refractivity contribution in [1.82, 2.24) is 4.90 Å². The molecule has 0 aliphatic carbocycles. The third-order valence-electron chi connectivity index (χ3n) is 4.09. The lowest BCUT2D eigenvalue weighted by molar-refractivity contribution is -0.143. The molecule has 0 aromatic heterocycles. The molecule has 0 saturated carbocycles. The van der Waals surface area contributed by atoms with E-state index in [1.165, 1.54) is 6.07 Å². The average molecular weight is 420 g/mol. The van der Waals surface area contributed by atoms with Crippen molar-refractivity contribution >= 4 is 46.8 Å². The Labute approximate surface area is 170 Å². The molecule has 0 radical (unpaired) electrons. The number of rotatable bonds is 6. The topological polar surface area (TPSA) is 102 Å². The van der Waals surface area contributed by atoms with Gasteiger partial charge in [-0.15, -0.1) is 0 Å². The van der Waals surface area contributed by atoms with Crippen molar-refractivity contribution in [2.45, 2.75) is 12.8 Å². The van der Waals surface area contributed by atoms with Crippen LogP contribution in [0.4, 0.5) is 0 Å². The van der Waals surface area contributed by atoms with E-state index in [0.717, 1.165) is 4.90 Å². The summed E-state index contributed by atoms with van der Waals surface area (Å²) >= 11 is 11.8. The van der Waals surface area contributed by atoms with Gasteiger partial charge in [0, 0.05) is 23.6 Å². The zero-order valence-corrected chi connectivity index (χ0v) is 16.0. The minimum absolute atomic E-state index is 0.0431. The highest BCUT2D eigenvalue weighted by Gasteiger charge is 2.34. The summed E-state index contributed by atoms with van der Waals surface area (Å²) in [6.07, 6.45) is 0.194. The number of hydrogen-bond acceptors (Lipinski definition) is 5. The number of carbonyl (C=O) groups excluding carboxylic acids is 3. The van der Waals surface area contributed by atoms with Gasteiger partial charge >= 0.3 is 5.97 Å². The number of nitrogens with two attached hydrogens (primary N) is 1. The van der Waals surface area contributed by atoms with Gasteiger partial charge in [-0.05, 0) is 36.8 Å². The van der Waals surface area contributed by atoms with Crippen LogP contribution in [0.3, 0.4) is 0 Å². The van der Waals surface area contributed by atoms with Crippen LogP contribution in [0.5, 0.6) is 0 Å². The Morgan fingerprint density at radius 1 is 1.07 bits per heavy atom. The van der Waals surface area contributed by atoms with Gasteiger partial charge in [0.15, 0.2) is 5.84 Å². The van der Waals surface area contributed by atoms with Crippen molar-refractivity contribution in [1.29, 1.82) is 0 Å². The van der Waals surface area contributed by atoms with Crippen LogP contribution < -0.4 is 5.73 Å². The first-order valence-corrected chi connectivity index (χ1v) is 9.08. The molecule has 1 heterocycles. The summed E-state index contributed by atoms with van der Waals surface area (Å²) in [6, 6.07) is 11.2. The van der Waals surface area contributed by atoms with E-state index < -0.39 is 5.97 Å². The van der Waals surface area contributed by atoms with Crippen molar-refractivity contribution in [2.75, 3.05) is 6.54 Å². The van der Waals surface area contributed by atoms with Crippen molar-refractivity contribution in [3.63, 3.8) is 0 Å². The van der Waals surface area contributed by atoms with Crippen molar-refractivity contribution in [3.05, 3.63) is 69.2 Å². The minimum Gasteiger partial charge on any atom is -0.380 e. The summed E-state index contributed by atoms with van der Waals surface area (Å²) in [4.78, 5) is 42.2. The normalized spacial score (nSPS) is 13.6. The molecule has 0 atom stereocenters. The Hall–Kier alpha value is -2.90. The van der Waals surface area contributed by atoms with Crippen LogP contribution >= 0.6 is 23.2 Å². The maximum atomic E-state index is 12.2. The smallest absolute Gasteiger partial charge is 0.335 e. The molecule has 9 heteroatoms. The van der Waals surface area contributed by atoms with Crippen LogP contribution in [-0.4, -0.2) is 35.1 Å². The Kier molecular flexibility index (Phi) is 5.96. The van der Waals surface area contributed by atoms with E-state index in [9.17, 15) is 14.4 Å². The summed E-state index contributed by atoms with van der Waals surface area (Å²) in [5.41, 5.74) is 6.87. The SMILES string of the molecule is N/C(=N\OC(=O)CCCN1C(=O)c2ccccc2C1=O)c1ccc(Cl)cc1Cl. The summed E-state index contributed by atoms with van der Waals surface area (Å²) in [5.74, 6) is -1.46. The number of halogens is 2. The number of benzene rings is 2. The van der Waals surface area contributed by atoms with E-state index in [1.54, 1.807) is 36.4 Å². The number of imide groups is 1. The molecule has 0 fully saturated rings. The second-order valence-corrected chi connectivity index (χ2v) is 6.82. The summed E-state index contributed by atoms with van der Waals surface area (Å²) in [6.45, 7) is 0.101. The lowest BCUT2D eigenvalue weighted by Crippen LogP contribution is -2.31. The Morgan fingerprint density at radius 2 is 1.71 bits per heavy atom. The molecule has 0 unspecified atom stereocenters. The van der Waals surface area contributed by atoms with Crippen molar-refractivity contribution in [2.24, 2.45) is 10.9 Å². The third kappa shape index (κ3) is 4.16. The first kappa shape index (κ1) is 19.9. The van der Waals surface area contributed by atoms with Crippen LogP contribution in [0, 0.1) is 0 Å². The van der Waals surface area contributed by atoms with Crippen LogP contribution in [-0.2, 0) is 9.63 Å². The zero-order valence-electron chi connectivity index (χ0n) is 14.5. The number of amidine groups is 1. The van der Waals surface area contributed by atoms with Gasteiger partial charge in [-0.2, -0.15) is 0 Å². The standard InChI is InChI=1S/C19H15Cl2N3O4/c20-11-7-8-14(15(21)10-11)17(22)23-28-16(25)6-3-9-24-18(26)12-4-1-2-5-13(12)19(24)27/h1-2,4-5,7-8,10H,3,6,9H2,(H2,22,23). The number of fused-ring (bicyclic) bond motifs is 1. The van der Waals surface area contributed by atoms with E-state index in [-0.39, 0.29) is 42.1 Å². The van der Waals surface area contributed by atoms with Crippen LogP contribution in [0.2, 0.25) is 10.0 Å². The lowest BCUT2D eigenvalue weighted by atomic mass is 10.1. The van der Waals surface area contributed by atoms with Gasteiger partial charge in [-0.1, -0.05) is 40.5 Å². The number of amides is 2. The summed E-state index contributed by atoms with van der Waals surface area (Å²) in [7, 11) is 0. The predicted octanol–water partition coefficient (Wildman–Crippen LogP) is 3.23. The third-order valence-corrected chi connectivity index (χ3v) is 4.64. The van der Waals surface area contributed by atoms with E-state index in [2.05, 4.69) is 5.16 Å². The summed E-state index contributed by atoms with van der Waals surface area (Å²) < 4.78 is 0. The van der Waals surface area contributed by atoms with Crippen molar-refractivity contribution in [3.8, 4) is 0 Å². The molecule has 0 bridgehead atoms. The highest BCUT2D eigenvalue weighted by atomic mass is 35.5. The molecule has 28 heavy (non-hydrogen) atoms. The fourth-order valence-corrected chi connectivity index (χ4v) is 3.22. The van der Waals surface area contributed by atoms with E-state index in [4.69, 9.17) is 33.8 Å². The highest BCUT2D eigenvalue weighted by Crippen LogP contribution is 2.23. The Bertz CT molecular complexity index is 956. The fraction of sp³-hybridized carbons (Fsp3) is 0.158. The number of hydrogen-bond donors (Lipinski definition) is 1.